The summed E-state index contributed by atoms with van der Waals surface area (Å²) in [4.78, 5) is 12.0. The summed E-state index contributed by atoms with van der Waals surface area (Å²) in [6.07, 6.45) is 1.45. The summed E-state index contributed by atoms with van der Waals surface area (Å²) in [5.74, 6) is 0. The van der Waals surface area contributed by atoms with E-state index in [2.05, 4.69) is 5.32 Å². The molecule has 0 amide bonds. The van der Waals surface area contributed by atoms with Gasteiger partial charge in [0.05, 0.1) is 10.9 Å². The number of carbonyl (C=O) groups is 1. The molecule has 17 heavy (non-hydrogen) atoms. The van der Waals surface area contributed by atoms with E-state index in [1.54, 1.807) is 12.1 Å². The first kappa shape index (κ1) is 12.3. The Morgan fingerprint density at radius 2 is 1.94 bits per heavy atom. The van der Waals surface area contributed by atoms with Crippen molar-refractivity contribution in [1.29, 1.82) is 0 Å². The van der Waals surface area contributed by atoms with E-state index in [-0.39, 0.29) is 4.90 Å². The van der Waals surface area contributed by atoms with E-state index < -0.39 is 21.0 Å². The third kappa shape index (κ3) is 2.40. The maximum absolute atomic E-state index is 12.0. The lowest BCUT2D eigenvalue weighted by Gasteiger charge is -2.09. The third-order valence-corrected chi connectivity index (χ3v) is 4.65. The van der Waals surface area contributed by atoms with Crippen molar-refractivity contribution >= 4 is 15.0 Å². The van der Waals surface area contributed by atoms with E-state index >= 15 is 0 Å². The second kappa shape index (κ2) is 4.58. The van der Waals surface area contributed by atoms with Crippen LogP contribution in [0.1, 0.15) is 18.4 Å². The van der Waals surface area contributed by atoms with Crippen LogP contribution in [0.15, 0.2) is 29.2 Å². The molecule has 1 aliphatic heterocycles. The number of rotatable bonds is 2. The van der Waals surface area contributed by atoms with Crippen LogP contribution >= 0.6 is 0 Å². The first-order valence-electron chi connectivity index (χ1n) is 5.61. The maximum atomic E-state index is 12.0. The van der Waals surface area contributed by atoms with Crippen molar-refractivity contribution in [2.75, 3.05) is 6.54 Å². The molecule has 1 N–H and O–H groups in total. The van der Waals surface area contributed by atoms with Crippen LogP contribution in [0, 0.1) is 6.92 Å². The van der Waals surface area contributed by atoms with Gasteiger partial charge in [-0.05, 0) is 38.4 Å². The van der Waals surface area contributed by atoms with Crippen LogP contribution in [-0.4, -0.2) is 26.1 Å². The largest absolute Gasteiger partial charge is 0.307 e. The summed E-state index contributed by atoms with van der Waals surface area (Å²) in [7, 11) is -3.84. The molecule has 1 saturated heterocycles. The van der Waals surface area contributed by atoms with Gasteiger partial charge in [0, 0.05) is 0 Å². The summed E-state index contributed by atoms with van der Waals surface area (Å²) in [6.45, 7) is 2.58. The number of hydrogen-bond donors (Lipinski definition) is 1. The number of hydrogen-bond acceptors (Lipinski definition) is 4. The van der Waals surface area contributed by atoms with Gasteiger partial charge in [0.2, 0.25) is 9.84 Å². The zero-order valence-corrected chi connectivity index (χ0v) is 10.5. The topological polar surface area (TPSA) is 63.2 Å². The van der Waals surface area contributed by atoms with Crippen molar-refractivity contribution in [3.63, 3.8) is 0 Å². The second-order valence-electron chi connectivity index (χ2n) is 4.28. The lowest BCUT2D eigenvalue weighted by Crippen LogP contribution is -2.35. The lowest BCUT2D eigenvalue weighted by atomic mass is 10.2. The Bertz CT molecular complexity index is 513. The molecule has 2 rings (SSSR count). The SMILES string of the molecule is Cc1ccc(S(=O)(=O)C(=O)[C@@H]2CCCN2)cc1. The number of carbonyl (C=O) groups excluding carboxylic acids is 1. The molecule has 4 nitrogen and oxygen atoms in total. The summed E-state index contributed by atoms with van der Waals surface area (Å²) in [5, 5.41) is 2.21. The van der Waals surface area contributed by atoms with Crippen molar-refractivity contribution in [2.24, 2.45) is 0 Å². The minimum atomic E-state index is -3.84. The van der Waals surface area contributed by atoms with Crippen molar-refractivity contribution in [3.05, 3.63) is 29.8 Å². The molecule has 1 fully saturated rings. The van der Waals surface area contributed by atoms with Crippen LogP contribution in [0.2, 0.25) is 0 Å². The second-order valence-corrected chi connectivity index (χ2v) is 6.17. The molecule has 1 aromatic rings. The predicted molar refractivity (Wildman–Crippen MR) is 64.4 cm³/mol. The fraction of sp³-hybridized carbons (Fsp3) is 0.417. The molecule has 0 bridgehead atoms. The Balaban J connectivity index is 2.29. The van der Waals surface area contributed by atoms with Crippen LogP contribution < -0.4 is 5.32 Å². The number of benzene rings is 1. The number of sulfone groups is 1. The van der Waals surface area contributed by atoms with Crippen LogP contribution in [0.25, 0.3) is 0 Å². The van der Waals surface area contributed by atoms with Crippen molar-refractivity contribution in [2.45, 2.75) is 30.7 Å². The van der Waals surface area contributed by atoms with E-state index in [4.69, 9.17) is 0 Å². The Kier molecular flexibility index (Phi) is 3.31. The highest BCUT2D eigenvalue weighted by Crippen LogP contribution is 2.17. The van der Waals surface area contributed by atoms with Gasteiger partial charge < -0.3 is 5.32 Å². The molecular formula is C12H15NO3S. The fourth-order valence-corrected chi connectivity index (χ4v) is 3.21. The zero-order valence-electron chi connectivity index (χ0n) is 9.64. The Labute approximate surface area is 101 Å². The first-order valence-corrected chi connectivity index (χ1v) is 7.09. The van der Waals surface area contributed by atoms with Gasteiger partial charge in [-0.1, -0.05) is 17.7 Å². The van der Waals surface area contributed by atoms with Gasteiger partial charge >= 0.3 is 0 Å². The molecule has 0 radical (unpaired) electrons. The van der Waals surface area contributed by atoms with Crippen molar-refractivity contribution < 1.29 is 13.2 Å². The fourth-order valence-electron chi connectivity index (χ4n) is 1.91. The molecule has 0 unspecified atom stereocenters. The van der Waals surface area contributed by atoms with E-state index in [1.807, 2.05) is 6.92 Å². The molecule has 92 valence electrons. The van der Waals surface area contributed by atoms with Gasteiger partial charge in [-0.15, -0.1) is 0 Å². The summed E-state index contributed by atoms with van der Waals surface area (Å²) < 4.78 is 24.1. The monoisotopic (exact) mass is 253 g/mol. The molecule has 0 aromatic heterocycles. The summed E-state index contributed by atoms with van der Waals surface area (Å²) >= 11 is 0. The molecule has 1 atom stereocenters. The highest BCUT2D eigenvalue weighted by Gasteiger charge is 2.33. The minimum absolute atomic E-state index is 0.0850. The predicted octanol–water partition coefficient (Wildman–Crippen LogP) is 1.05. The molecule has 1 aromatic carbocycles. The molecule has 1 heterocycles. The van der Waals surface area contributed by atoms with E-state index in [0.29, 0.717) is 13.0 Å². The van der Waals surface area contributed by atoms with Gasteiger partial charge in [-0.3, -0.25) is 4.79 Å². The van der Waals surface area contributed by atoms with E-state index in [0.717, 1.165) is 12.0 Å². The zero-order chi connectivity index (χ0) is 12.5. The van der Waals surface area contributed by atoms with Gasteiger partial charge in [-0.2, -0.15) is 0 Å². The summed E-state index contributed by atoms with van der Waals surface area (Å²) in [6, 6.07) is 5.82. The van der Waals surface area contributed by atoms with Crippen molar-refractivity contribution in [3.8, 4) is 0 Å². The minimum Gasteiger partial charge on any atom is -0.307 e. The van der Waals surface area contributed by atoms with Crippen LogP contribution in [0.3, 0.4) is 0 Å². The molecule has 5 heteroatoms. The van der Waals surface area contributed by atoms with Crippen LogP contribution in [0.4, 0.5) is 0 Å². The molecular weight excluding hydrogens is 238 g/mol. The van der Waals surface area contributed by atoms with Crippen LogP contribution in [0.5, 0.6) is 0 Å². The molecule has 0 aliphatic carbocycles. The van der Waals surface area contributed by atoms with E-state index in [1.165, 1.54) is 12.1 Å². The number of aryl methyl sites for hydroxylation is 1. The summed E-state index contributed by atoms with van der Waals surface area (Å²) in [5.41, 5.74) is 0.968. The average Bonchev–Trinajstić information content (AvgIpc) is 2.82. The molecule has 0 saturated carbocycles. The van der Waals surface area contributed by atoms with Gasteiger partial charge in [-0.25, -0.2) is 8.42 Å². The third-order valence-electron chi connectivity index (χ3n) is 2.94. The molecule has 0 spiro atoms. The van der Waals surface area contributed by atoms with Gasteiger partial charge in [0.1, 0.15) is 0 Å². The average molecular weight is 253 g/mol. The highest BCUT2D eigenvalue weighted by molar-refractivity contribution is 8.06. The van der Waals surface area contributed by atoms with Gasteiger partial charge in [0.15, 0.2) is 0 Å². The first-order chi connectivity index (χ1) is 8.01. The lowest BCUT2D eigenvalue weighted by molar-refractivity contribution is -0.113. The van der Waals surface area contributed by atoms with Crippen molar-refractivity contribution in [1.82, 2.24) is 5.32 Å². The smallest absolute Gasteiger partial charge is 0.267 e. The Morgan fingerprint density at radius 3 is 2.47 bits per heavy atom. The van der Waals surface area contributed by atoms with E-state index in [9.17, 15) is 13.2 Å². The maximum Gasteiger partial charge on any atom is 0.267 e. The Hall–Kier alpha value is -1.20. The molecule has 1 aliphatic rings. The quantitative estimate of drug-likeness (QED) is 0.855. The van der Waals surface area contributed by atoms with Gasteiger partial charge in [0.25, 0.3) is 5.12 Å². The highest BCUT2D eigenvalue weighted by atomic mass is 32.2. The normalized spacial score (nSPS) is 20.4. The number of nitrogens with one attached hydrogen (secondary N) is 1. The Morgan fingerprint density at radius 1 is 1.29 bits per heavy atom. The van der Waals surface area contributed by atoms with Crippen LogP contribution in [-0.2, 0) is 14.6 Å². The standard InChI is InChI=1S/C12H15NO3S/c1-9-4-6-10(7-5-9)17(15,16)12(14)11-3-2-8-13-11/h4-7,11,13H,2-3,8H2,1H3/t11-/m0/s1.